The molecule has 0 heterocycles. The first kappa shape index (κ1) is 10.5. The number of carbonyl (C=O) groups excluding carboxylic acids is 1. The topological polar surface area (TPSA) is 81.1 Å². The van der Waals surface area contributed by atoms with Crippen LogP contribution in [0.15, 0.2) is 0 Å². The lowest BCUT2D eigenvalue weighted by molar-refractivity contribution is -0.122. The van der Waals surface area contributed by atoms with Crippen LogP contribution in [-0.4, -0.2) is 24.0 Å². The molecule has 4 nitrogen and oxygen atoms in total. The minimum atomic E-state index is -0.407. The molecule has 0 unspecified atom stereocenters. The Kier molecular flexibility index (Phi) is 3.69. The molecule has 1 aliphatic rings. The summed E-state index contributed by atoms with van der Waals surface area (Å²) in [6.45, 7) is 1.70. The lowest BCUT2D eigenvalue weighted by Crippen LogP contribution is -2.46. The van der Waals surface area contributed by atoms with Crippen LogP contribution < -0.4 is 16.8 Å². The molecule has 0 aromatic carbocycles. The smallest absolute Gasteiger partial charge is 0.236 e. The van der Waals surface area contributed by atoms with Crippen molar-refractivity contribution in [1.82, 2.24) is 5.32 Å². The lowest BCUT2D eigenvalue weighted by atomic mass is 9.92. The van der Waals surface area contributed by atoms with E-state index in [1.54, 1.807) is 6.92 Å². The second-order valence-electron chi connectivity index (χ2n) is 3.91. The lowest BCUT2D eigenvalue weighted by Gasteiger charge is -2.27. The highest BCUT2D eigenvalue weighted by atomic mass is 16.2. The van der Waals surface area contributed by atoms with Crippen LogP contribution in [0.1, 0.15) is 32.6 Å². The number of amides is 1. The minimum Gasteiger partial charge on any atom is -0.352 e. The molecular formula is C9H19N3O. The Morgan fingerprint density at radius 2 is 1.92 bits per heavy atom. The minimum absolute atomic E-state index is 0.0551. The largest absolute Gasteiger partial charge is 0.352 e. The van der Waals surface area contributed by atoms with Crippen molar-refractivity contribution in [3.63, 3.8) is 0 Å². The van der Waals surface area contributed by atoms with E-state index in [1.165, 1.54) is 0 Å². The second-order valence-corrected chi connectivity index (χ2v) is 3.91. The Hall–Kier alpha value is -0.610. The third kappa shape index (κ3) is 3.32. The zero-order chi connectivity index (χ0) is 9.84. The van der Waals surface area contributed by atoms with Crippen LogP contribution in [0.4, 0.5) is 0 Å². The van der Waals surface area contributed by atoms with E-state index in [1.807, 2.05) is 0 Å². The fourth-order valence-electron chi connectivity index (χ4n) is 1.60. The van der Waals surface area contributed by atoms with E-state index in [0.717, 1.165) is 25.7 Å². The molecule has 0 spiro atoms. The van der Waals surface area contributed by atoms with E-state index in [-0.39, 0.29) is 5.91 Å². The first-order valence-electron chi connectivity index (χ1n) is 4.91. The highest BCUT2D eigenvalue weighted by Crippen LogP contribution is 2.16. The molecule has 1 rings (SSSR count). The van der Waals surface area contributed by atoms with Crippen LogP contribution in [0.2, 0.25) is 0 Å². The number of carbonyl (C=O) groups is 1. The van der Waals surface area contributed by atoms with Crippen LogP contribution in [0, 0.1) is 0 Å². The third-order valence-corrected chi connectivity index (χ3v) is 2.53. The summed E-state index contributed by atoms with van der Waals surface area (Å²) in [5.74, 6) is -0.0551. The third-order valence-electron chi connectivity index (χ3n) is 2.53. The van der Waals surface area contributed by atoms with Crippen LogP contribution in [0.3, 0.4) is 0 Å². The van der Waals surface area contributed by atoms with Crippen molar-refractivity contribution in [1.29, 1.82) is 0 Å². The fraction of sp³-hybridized carbons (Fsp3) is 0.889. The van der Waals surface area contributed by atoms with Gasteiger partial charge >= 0.3 is 0 Å². The van der Waals surface area contributed by atoms with Gasteiger partial charge in [0.15, 0.2) is 0 Å². The van der Waals surface area contributed by atoms with Crippen molar-refractivity contribution in [2.24, 2.45) is 11.5 Å². The van der Waals surface area contributed by atoms with Crippen LogP contribution in [-0.2, 0) is 4.79 Å². The van der Waals surface area contributed by atoms with Gasteiger partial charge in [0.1, 0.15) is 0 Å². The Labute approximate surface area is 79.0 Å². The molecule has 4 heteroatoms. The molecule has 0 aliphatic heterocycles. The van der Waals surface area contributed by atoms with Crippen molar-refractivity contribution < 1.29 is 4.79 Å². The molecule has 1 amide bonds. The molecule has 0 saturated heterocycles. The van der Waals surface area contributed by atoms with E-state index < -0.39 is 6.04 Å². The average Bonchev–Trinajstić information content (AvgIpc) is 2.08. The molecule has 0 bridgehead atoms. The summed E-state index contributed by atoms with van der Waals surface area (Å²) in [4.78, 5) is 11.2. The van der Waals surface area contributed by atoms with E-state index in [4.69, 9.17) is 11.5 Å². The van der Waals surface area contributed by atoms with Gasteiger partial charge in [0.25, 0.3) is 0 Å². The summed E-state index contributed by atoms with van der Waals surface area (Å²) in [5.41, 5.74) is 11.2. The average molecular weight is 185 g/mol. The molecule has 1 fully saturated rings. The van der Waals surface area contributed by atoms with Crippen molar-refractivity contribution in [2.75, 3.05) is 0 Å². The molecule has 0 radical (unpaired) electrons. The number of hydrogen-bond acceptors (Lipinski definition) is 3. The van der Waals surface area contributed by atoms with Crippen molar-refractivity contribution >= 4 is 5.91 Å². The maximum absolute atomic E-state index is 11.2. The summed E-state index contributed by atoms with van der Waals surface area (Å²) in [5, 5.41) is 2.92. The van der Waals surface area contributed by atoms with E-state index in [0.29, 0.717) is 12.1 Å². The SMILES string of the molecule is C[C@H](N)C(=O)NC1CCC(N)CC1. The van der Waals surface area contributed by atoms with Crippen molar-refractivity contribution in [3.8, 4) is 0 Å². The summed E-state index contributed by atoms with van der Waals surface area (Å²) in [6.07, 6.45) is 3.98. The maximum Gasteiger partial charge on any atom is 0.236 e. The first-order chi connectivity index (χ1) is 6.09. The van der Waals surface area contributed by atoms with Gasteiger partial charge in [0.05, 0.1) is 6.04 Å². The summed E-state index contributed by atoms with van der Waals surface area (Å²) >= 11 is 0. The second kappa shape index (κ2) is 4.58. The predicted octanol–water partition coefficient (Wildman–Crippen LogP) is -0.280. The number of rotatable bonds is 2. The molecule has 13 heavy (non-hydrogen) atoms. The van der Waals surface area contributed by atoms with Gasteiger partial charge < -0.3 is 16.8 Å². The van der Waals surface area contributed by atoms with Crippen LogP contribution in [0.25, 0.3) is 0 Å². The van der Waals surface area contributed by atoms with Gasteiger partial charge in [-0.05, 0) is 32.6 Å². The zero-order valence-electron chi connectivity index (χ0n) is 8.12. The summed E-state index contributed by atoms with van der Waals surface area (Å²) in [7, 11) is 0. The Bertz CT molecular complexity index is 174. The van der Waals surface area contributed by atoms with Crippen molar-refractivity contribution in [2.45, 2.75) is 50.7 Å². The molecule has 1 atom stereocenters. The first-order valence-corrected chi connectivity index (χ1v) is 4.91. The predicted molar refractivity (Wildman–Crippen MR) is 52.0 cm³/mol. The molecule has 1 aliphatic carbocycles. The highest BCUT2D eigenvalue weighted by Gasteiger charge is 2.20. The van der Waals surface area contributed by atoms with Gasteiger partial charge in [-0.15, -0.1) is 0 Å². The number of hydrogen-bond donors (Lipinski definition) is 3. The molecule has 76 valence electrons. The van der Waals surface area contributed by atoms with E-state index in [2.05, 4.69) is 5.32 Å². The summed E-state index contributed by atoms with van der Waals surface area (Å²) < 4.78 is 0. The molecule has 0 aromatic rings. The van der Waals surface area contributed by atoms with Gasteiger partial charge in [-0.3, -0.25) is 4.79 Å². The van der Waals surface area contributed by atoms with Crippen LogP contribution >= 0.6 is 0 Å². The normalized spacial score (nSPS) is 31.0. The van der Waals surface area contributed by atoms with Gasteiger partial charge in [-0.1, -0.05) is 0 Å². The van der Waals surface area contributed by atoms with Crippen molar-refractivity contribution in [3.05, 3.63) is 0 Å². The van der Waals surface area contributed by atoms with Gasteiger partial charge in [-0.2, -0.15) is 0 Å². The quantitative estimate of drug-likeness (QED) is 0.553. The van der Waals surface area contributed by atoms with Crippen LogP contribution in [0.5, 0.6) is 0 Å². The van der Waals surface area contributed by atoms with E-state index >= 15 is 0 Å². The van der Waals surface area contributed by atoms with Gasteiger partial charge in [0.2, 0.25) is 5.91 Å². The number of nitrogens with two attached hydrogens (primary N) is 2. The molecule has 0 aromatic heterocycles. The highest BCUT2D eigenvalue weighted by molar-refractivity contribution is 5.81. The van der Waals surface area contributed by atoms with Gasteiger partial charge in [-0.25, -0.2) is 0 Å². The Balaban J connectivity index is 2.26. The summed E-state index contributed by atoms with van der Waals surface area (Å²) in [6, 6.07) is 0.206. The zero-order valence-corrected chi connectivity index (χ0v) is 8.12. The number of nitrogens with one attached hydrogen (secondary N) is 1. The van der Waals surface area contributed by atoms with E-state index in [9.17, 15) is 4.79 Å². The standard InChI is InChI=1S/C9H19N3O/c1-6(10)9(13)12-8-4-2-7(11)3-5-8/h6-8H,2-5,10-11H2,1H3,(H,12,13)/t6-,7?,8?/m0/s1. The Morgan fingerprint density at radius 3 is 2.38 bits per heavy atom. The monoisotopic (exact) mass is 185 g/mol. The fourth-order valence-corrected chi connectivity index (χ4v) is 1.60. The maximum atomic E-state index is 11.2. The Morgan fingerprint density at radius 1 is 1.38 bits per heavy atom. The van der Waals surface area contributed by atoms with Gasteiger partial charge in [0, 0.05) is 12.1 Å². The molecule has 1 saturated carbocycles. The molecule has 5 N–H and O–H groups in total. The molecular weight excluding hydrogens is 166 g/mol.